The first kappa shape index (κ1) is 21.7. The quantitative estimate of drug-likeness (QED) is 0.525. The molecule has 3 heterocycles. The van der Waals surface area contributed by atoms with E-state index in [2.05, 4.69) is 43.2 Å². The van der Waals surface area contributed by atoms with Crippen molar-refractivity contribution in [3.63, 3.8) is 0 Å². The molecular weight excluding hydrogens is 455 g/mol. The Labute approximate surface area is 202 Å². The average Bonchev–Trinajstić information content (AvgIpc) is 2.87. The average molecular weight is 477 g/mol. The van der Waals surface area contributed by atoms with Crippen LogP contribution in [0.15, 0.2) is 64.8 Å². The highest BCUT2D eigenvalue weighted by molar-refractivity contribution is 6.44. The molecule has 1 saturated heterocycles. The zero-order chi connectivity index (χ0) is 22.8. The minimum Gasteiger partial charge on any atom is -0.353 e. The van der Waals surface area contributed by atoms with Crippen molar-refractivity contribution < 1.29 is 0 Å². The second-order valence-electron chi connectivity index (χ2n) is 8.27. The molecule has 8 heteroatoms. The van der Waals surface area contributed by atoms with Gasteiger partial charge in [0.2, 0.25) is 0 Å². The zero-order valence-corrected chi connectivity index (χ0v) is 19.5. The molecule has 166 valence electrons. The molecule has 33 heavy (non-hydrogen) atoms. The van der Waals surface area contributed by atoms with E-state index in [-0.39, 0.29) is 5.92 Å². The van der Waals surface area contributed by atoms with Gasteiger partial charge in [0.15, 0.2) is 5.82 Å². The summed E-state index contributed by atoms with van der Waals surface area (Å²) in [6.07, 6.45) is 7.23. The van der Waals surface area contributed by atoms with Gasteiger partial charge in [0.1, 0.15) is 11.9 Å². The number of hydrogen-bond donors (Lipinski definition) is 0. The molecule has 0 saturated carbocycles. The fourth-order valence-corrected chi connectivity index (χ4v) is 4.82. The van der Waals surface area contributed by atoms with Gasteiger partial charge in [-0.1, -0.05) is 59.6 Å². The molecule has 1 unspecified atom stereocenters. The number of aromatic nitrogens is 3. The van der Waals surface area contributed by atoms with E-state index in [9.17, 15) is 0 Å². The highest BCUT2D eigenvalue weighted by Gasteiger charge is 2.23. The minimum absolute atomic E-state index is 0.257. The molecule has 0 spiro atoms. The molecule has 1 aromatic carbocycles. The molecule has 1 atom stereocenters. The number of nitriles is 1. The van der Waals surface area contributed by atoms with Crippen LogP contribution in [0, 0.1) is 17.2 Å². The maximum Gasteiger partial charge on any atom is 0.159 e. The van der Waals surface area contributed by atoms with E-state index in [4.69, 9.17) is 28.5 Å². The third-order valence-electron chi connectivity index (χ3n) is 6.19. The van der Waals surface area contributed by atoms with Gasteiger partial charge in [-0.25, -0.2) is 4.98 Å². The summed E-state index contributed by atoms with van der Waals surface area (Å²) >= 11 is 12.3. The fourth-order valence-electron chi connectivity index (χ4n) is 4.41. The first-order valence-electron chi connectivity index (χ1n) is 11.0. The molecule has 5 rings (SSSR count). The van der Waals surface area contributed by atoms with Crippen LogP contribution in [0.25, 0.3) is 10.8 Å². The normalized spacial score (nSPS) is 18.6. The van der Waals surface area contributed by atoms with Crippen LogP contribution in [0.2, 0.25) is 0 Å². The van der Waals surface area contributed by atoms with Crippen molar-refractivity contribution in [1.82, 2.24) is 15.2 Å². The van der Waals surface area contributed by atoms with Crippen LogP contribution in [-0.2, 0) is 6.42 Å². The highest BCUT2D eigenvalue weighted by atomic mass is 35.5. The van der Waals surface area contributed by atoms with Crippen molar-refractivity contribution in [3.05, 3.63) is 76.1 Å². The smallest absolute Gasteiger partial charge is 0.159 e. The first-order chi connectivity index (χ1) is 16.1. The van der Waals surface area contributed by atoms with Crippen LogP contribution in [-0.4, -0.2) is 41.4 Å². The molecule has 3 aromatic rings. The lowest BCUT2D eigenvalue weighted by molar-refractivity contribution is 0.626. The van der Waals surface area contributed by atoms with Gasteiger partial charge in [-0.2, -0.15) is 10.4 Å². The van der Waals surface area contributed by atoms with Gasteiger partial charge in [-0.05, 0) is 30.9 Å². The molecular formula is C25H22Cl2N6. The molecule has 6 nitrogen and oxygen atoms in total. The number of fused-ring (bicyclic) bond motifs is 1. The molecule has 1 aliphatic carbocycles. The van der Waals surface area contributed by atoms with Crippen molar-refractivity contribution >= 4 is 45.6 Å². The topological polar surface area (TPSA) is 68.9 Å². The summed E-state index contributed by atoms with van der Waals surface area (Å²) in [5.74, 6) is 2.07. The number of allylic oxidation sites excluding steroid dienone is 4. The second-order valence-corrected chi connectivity index (χ2v) is 9.09. The highest BCUT2D eigenvalue weighted by Crippen LogP contribution is 2.33. The summed E-state index contributed by atoms with van der Waals surface area (Å²) in [4.78, 5) is 8.95. The van der Waals surface area contributed by atoms with E-state index in [1.54, 1.807) is 6.20 Å². The number of pyridine rings is 1. The van der Waals surface area contributed by atoms with Crippen molar-refractivity contribution in [2.45, 2.75) is 12.8 Å². The lowest BCUT2D eigenvalue weighted by Gasteiger charge is -2.36. The van der Waals surface area contributed by atoms with Crippen LogP contribution in [0.5, 0.6) is 0 Å². The van der Waals surface area contributed by atoms with Crippen LogP contribution >= 0.6 is 23.2 Å². The third kappa shape index (κ3) is 4.52. The molecule has 2 aromatic heterocycles. The first-order valence-corrected chi connectivity index (χ1v) is 11.7. The number of piperazine rings is 1. The Hall–Kier alpha value is -3.14. The van der Waals surface area contributed by atoms with Gasteiger partial charge in [-0.3, -0.25) is 0 Å². The summed E-state index contributed by atoms with van der Waals surface area (Å²) in [5.41, 5.74) is 1.55. The second kappa shape index (κ2) is 9.38. The largest absolute Gasteiger partial charge is 0.353 e. The Bertz CT molecular complexity index is 1270. The molecule has 1 aliphatic heterocycles. The van der Waals surface area contributed by atoms with E-state index >= 15 is 0 Å². The number of halogens is 2. The van der Waals surface area contributed by atoms with Gasteiger partial charge < -0.3 is 9.80 Å². The molecule has 0 bridgehead atoms. The molecule has 0 amide bonds. The maximum atomic E-state index is 8.98. The van der Waals surface area contributed by atoms with Crippen molar-refractivity contribution in [3.8, 4) is 6.07 Å². The summed E-state index contributed by atoms with van der Waals surface area (Å²) < 4.78 is 0. The Kier molecular flexibility index (Phi) is 6.17. The lowest BCUT2D eigenvalue weighted by Crippen LogP contribution is -2.47. The van der Waals surface area contributed by atoms with Crippen LogP contribution in [0.4, 0.5) is 11.6 Å². The van der Waals surface area contributed by atoms with Crippen molar-refractivity contribution in [2.75, 3.05) is 36.0 Å². The molecule has 0 N–H and O–H groups in total. The van der Waals surface area contributed by atoms with Crippen molar-refractivity contribution in [2.24, 2.45) is 5.92 Å². The monoisotopic (exact) mass is 476 g/mol. The lowest BCUT2D eigenvalue weighted by atomic mass is 9.93. The summed E-state index contributed by atoms with van der Waals surface area (Å²) in [7, 11) is 0. The molecule has 2 aliphatic rings. The van der Waals surface area contributed by atoms with E-state index in [0.717, 1.165) is 67.1 Å². The number of rotatable bonds is 4. The van der Waals surface area contributed by atoms with Gasteiger partial charge in [0.25, 0.3) is 0 Å². The van der Waals surface area contributed by atoms with Crippen molar-refractivity contribution in [1.29, 1.82) is 5.26 Å². The predicted octanol–water partition coefficient (Wildman–Crippen LogP) is 5.03. The van der Waals surface area contributed by atoms with Gasteiger partial charge >= 0.3 is 0 Å². The Morgan fingerprint density at radius 1 is 0.939 bits per heavy atom. The Morgan fingerprint density at radius 2 is 1.70 bits per heavy atom. The minimum atomic E-state index is 0.257. The number of anilines is 2. The van der Waals surface area contributed by atoms with E-state index in [1.807, 2.05) is 36.4 Å². The van der Waals surface area contributed by atoms with Gasteiger partial charge in [0.05, 0.1) is 21.3 Å². The molecule has 1 fully saturated rings. The Balaban J connectivity index is 1.34. The summed E-state index contributed by atoms with van der Waals surface area (Å²) in [5, 5.41) is 21.8. The third-order valence-corrected chi connectivity index (χ3v) is 6.97. The van der Waals surface area contributed by atoms with Gasteiger partial charge in [0, 0.05) is 43.1 Å². The van der Waals surface area contributed by atoms with E-state index in [1.165, 1.54) is 0 Å². The summed E-state index contributed by atoms with van der Waals surface area (Å²) in [6, 6.07) is 14.2. The zero-order valence-electron chi connectivity index (χ0n) is 18.0. The van der Waals surface area contributed by atoms with E-state index in [0.29, 0.717) is 15.6 Å². The SMILES string of the molecule is N#Cc1ccc(N2CCN(c3nnc(CC4C=C(Cl)C(Cl)=CC4)c4ccccc34)CC2)nc1. The van der Waals surface area contributed by atoms with Crippen LogP contribution in [0.1, 0.15) is 17.7 Å². The standard InChI is InChI=1S/C25H22Cl2N6/c26-21-7-5-17(13-22(21)27)14-23-19-3-1-2-4-20(19)25(31-30-23)33-11-9-32(10-12-33)24-8-6-18(15-28)16-29-24/h1-4,6-8,13,16-17H,5,9-12,14H2. The number of hydrogen-bond acceptors (Lipinski definition) is 6. The number of nitrogens with zero attached hydrogens (tertiary/aromatic N) is 6. The summed E-state index contributed by atoms with van der Waals surface area (Å²) in [6.45, 7) is 3.30. The number of benzene rings is 1. The predicted molar refractivity (Wildman–Crippen MR) is 133 cm³/mol. The maximum absolute atomic E-state index is 8.98. The fraction of sp³-hybridized carbons (Fsp3) is 0.280. The van der Waals surface area contributed by atoms with Crippen LogP contribution in [0.3, 0.4) is 0 Å². The Morgan fingerprint density at radius 3 is 2.39 bits per heavy atom. The molecule has 0 radical (unpaired) electrons. The van der Waals surface area contributed by atoms with Crippen LogP contribution < -0.4 is 9.80 Å². The van der Waals surface area contributed by atoms with Gasteiger partial charge in [-0.15, -0.1) is 5.10 Å². The van der Waals surface area contributed by atoms with E-state index < -0.39 is 0 Å².